The first kappa shape index (κ1) is 11.2. The fourth-order valence-electron chi connectivity index (χ4n) is 1.97. The molecule has 2 rings (SSSR count). The standard InChI is InChI=1S/C13H18BrN/c14-13-6-2-5-12(9-13)10-15-8-7-11-3-1-4-11/h2,5-6,9,11,15H,1,3-4,7-8,10H2. The maximum atomic E-state index is 3.51. The Morgan fingerprint density at radius 3 is 2.87 bits per heavy atom. The fourth-order valence-corrected chi connectivity index (χ4v) is 2.41. The molecule has 1 aromatic rings. The van der Waals surface area contributed by atoms with Crippen LogP contribution in [0.5, 0.6) is 0 Å². The number of hydrogen-bond donors (Lipinski definition) is 1. The Balaban J connectivity index is 1.64. The molecule has 0 saturated heterocycles. The number of hydrogen-bond acceptors (Lipinski definition) is 1. The molecule has 1 aromatic carbocycles. The summed E-state index contributed by atoms with van der Waals surface area (Å²) in [4.78, 5) is 0. The second-order valence-corrected chi connectivity index (χ2v) is 5.31. The molecule has 1 aliphatic rings. The van der Waals surface area contributed by atoms with Crippen LogP contribution >= 0.6 is 15.9 Å². The highest BCUT2D eigenvalue weighted by molar-refractivity contribution is 9.10. The van der Waals surface area contributed by atoms with Gasteiger partial charge in [0.25, 0.3) is 0 Å². The van der Waals surface area contributed by atoms with Crippen molar-refractivity contribution in [3.05, 3.63) is 34.3 Å². The predicted octanol–water partition coefficient (Wildman–Crippen LogP) is 3.73. The van der Waals surface area contributed by atoms with Crippen molar-refractivity contribution in [2.75, 3.05) is 6.54 Å². The van der Waals surface area contributed by atoms with Crippen molar-refractivity contribution in [3.63, 3.8) is 0 Å². The van der Waals surface area contributed by atoms with Crippen molar-refractivity contribution in [1.82, 2.24) is 5.32 Å². The highest BCUT2D eigenvalue weighted by Crippen LogP contribution is 2.28. The van der Waals surface area contributed by atoms with E-state index in [4.69, 9.17) is 0 Å². The van der Waals surface area contributed by atoms with Crippen molar-refractivity contribution < 1.29 is 0 Å². The predicted molar refractivity (Wildman–Crippen MR) is 67.8 cm³/mol. The van der Waals surface area contributed by atoms with Crippen LogP contribution in [-0.2, 0) is 6.54 Å². The van der Waals surface area contributed by atoms with E-state index in [1.807, 2.05) is 0 Å². The Labute approximate surface area is 100 Å². The van der Waals surface area contributed by atoms with Crippen molar-refractivity contribution >= 4 is 15.9 Å². The molecule has 0 bridgehead atoms. The Morgan fingerprint density at radius 1 is 1.33 bits per heavy atom. The van der Waals surface area contributed by atoms with Gasteiger partial charge < -0.3 is 5.32 Å². The summed E-state index contributed by atoms with van der Waals surface area (Å²) in [5, 5.41) is 3.51. The quantitative estimate of drug-likeness (QED) is 0.802. The van der Waals surface area contributed by atoms with Gasteiger partial charge in [-0.05, 0) is 36.6 Å². The second kappa shape index (κ2) is 5.66. The minimum Gasteiger partial charge on any atom is -0.313 e. The lowest BCUT2D eigenvalue weighted by atomic mass is 9.83. The van der Waals surface area contributed by atoms with E-state index >= 15 is 0 Å². The Morgan fingerprint density at radius 2 is 2.20 bits per heavy atom. The molecule has 0 radical (unpaired) electrons. The van der Waals surface area contributed by atoms with Gasteiger partial charge in [-0.3, -0.25) is 0 Å². The number of rotatable bonds is 5. The summed E-state index contributed by atoms with van der Waals surface area (Å²) in [6, 6.07) is 8.50. The first-order valence-corrected chi connectivity index (χ1v) is 6.59. The fraction of sp³-hybridized carbons (Fsp3) is 0.538. The molecule has 0 aliphatic heterocycles. The molecule has 0 aromatic heterocycles. The largest absolute Gasteiger partial charge is 0.313 e. The molecule has 0 atom stereocenters. The zero-order chi connectivity index (χ0) is 10.5. The first-order valence-electron chi connectivity index (χ1n) is 5.80. The molecule has 1 saturated carbocycles. The van der Waals surface area contributed by atoms with Gasteiger partial charge in [0.1, 0.15) is 0 Å². The summed E-state index contributed by atoms with van der Waals surface area (Å²) < 4.78 is 1.17. The van der Waals surface area contributed by atoms with Crippen LogP contribution in [0.3, 0.4) is 0 Å². The third kappa shape index (κ3) is 3.62. The molecule has 1 fully saturated rings. The van der Waals surface area contributed by atoms with Crippen molar-refractivity contribution in [3.8, 4) is 0 Å². The van der Waals surface area contributed by atoms with Crippen LogP contribution in [0.25, 0.3) is 0 Å². The molecule has 0 unspecified atom stereocenters. The minimum atomic E-state index is 0.992. The average molecular weight is 268 g/mol. The SMILES string of the molecule is Brc1cccc(CNCCC2CCC2)c1. The van der Waals surface area contributed by atoms with Gasteiger partial charge in [0.15, 0.2) is 0 Å². The molecule has 82 valence electrons. The Hall–Kier alpha value is -0.340. The lowest BCUT2D eigenvalue weighted by Crippen LogP contribution is -2.21. The van der Waals surface area contributed by atoms with E-state index in [1.165, 1.54) is 35.7 Å². The van der Waals surface area contributed by atoms with Crippen LogP contribution < -0.4 is 5.32 Å². The van der Waals surface area contributed by atoms with Gasteiger partial charge in [0.2, 0.25) is 0 Å². The lowest BCUT2D eigenvalue weighted by molar-refractivity contribution is 0.292. The summed E-state index contributed by atoms with van der Waals surface area (Å²) in [6.45, 7) is 2.16. The van der Waals surface area contributed by atoms with Crippen LogP contribution in [0.2, 0.25) is 0 Å². The van der Waals surface area contributed by atoms with E-state index in [0.29, 0.717) is 0 Å². The van der Waals surface area contributed by atoms with Gasteiger partial charge in [-0.25, -0.2) is 0 Å². The molecule has 15 heavy (non-hydrogen) atoms. The summed E-state index contributed by atoms with van der Waals surface area (Å²) >= 11 is 3.49. The van der Waals surface area contributed by atoms with E-state index in [0.717, 1.165) is 19.0 Å². The monoisotopic (exact) mass is 267 g/mol. The molecule has 0 spiro atoms. The van der Waals surface area contributed by atoms with Gasteiger partial charge >= 0.3 is 0 Å². The molecule has 1 N–H and O–H groups in total. The maximum Gasteiger partial charge on any atom is 0.0205 e. The van der Waals surface area contributed by atoms with Gasteiger partial charge in [-0.2, -0.15) is 0 Å². The van der Waals surface area contributed by atoms with E-state index < -0.39 is 0 Å². The summed E-state index contributed by atoms with van der Waals surface area (Å²) in [7, 11) is 0. The number of nitrogens with one attached hydrogen (secondary N) is 1. The van der Waals surface area contributed by atoms with Crippen LogP contribution in [0.4, 0.5) is 0 Å². The average Bonchev–Trinajstić information content (AvgIpc) is 2.15. The van der Waals surface area contributed by atoms with Gasteiger partial charge in [-0.1, -0.05) is 47.3 Å². The molecular formula is C13H18BrN. The summed E-state index contributed by atoms with van der Waals surface area (Å²) in [5.74, 6) is 1.01. The van der Waals surface area contributed by atoms with Gasteiger partial charge in [0, 0.05) is 11.0 Å². The minimum absolute atomic E-state index is 0.992. The van der Waals surface area contributed by atoms with Crippen LogP contribution in [0.15, 0.2) is 28.7 Å². The third-order valence-electron chi connectivity index (χ3n) is 3.17. The van der Waals surface area contributed by atoms with Crippen LogP contribution in [0.1, 0.15) is 31.2 Å². The first-order chi connectivity index (χ1) is 7.34. The van der Waals surface area contributed by atoms with Crippen molar-refractivity contribution in [2.45, 2.75) is 32.2 Å². The Bertz CT molecular complexity index is 307. The Kier molecular flexibility index (Phi) is 4.21. The van der Waals surface area contributed by atoms with E-state index in [9.17, 15) is 0 Å². The normalized spacial score (nSPS) is 16.3. The summed E-state index contributed by atoms with van der Waals surface area (Å²) in [5.41, 5.74) is 1.36. The number of halogens is 1. The third-order valence-corrected chi connectivity index (χ3v) is 3.67. The molecule has 1 aliphatic carbocycles. The molecular weight excluding hydrogens is 250 g/mol. The van der Waals surface area contributed by atoms with E-state index in [2.05, 4.69) is 45.5 Å². The van der Waals surface area contributed by atoms with Crippen molar-refractivity contribution in [1.29, 1.82) is 0 Å². The van der Waals surface area contributed by atoms with Crippen molar-refractivity contribution in [2.24, 2.45) is 5.92 Å². The zero-order valence-electron chi connectivity index (χ0n) is 9.01. The van der Waals surface area contributed by atoms with Crippen LogP contribution in [-0.4, -0.2) is 6.54 Å². The topological polar surface area (TPSA) is 12.0 Å². The highest BCUT2D eigenvalue weighted by atomic mass is 79.9. The smallest absolute Gasteiger partial charge is 0.0205 e. The van der Waals surface area contributed by atoms with E-state index in [-0.39, 0.29) is 0 Å². The molecule has 1 nitrogen and oxygen atoms in total. The maximum absolute atomic E-state index is 3.51. The number of benzene rings is 1. The van der Waals surface area contributed by atoms with Gasteiger partial charge in [0.05, 0.1) is 0 Å². The highest BCUT2D eigenvalue weighted by Gasteiger charge is 2.15. The van der Waals surface area contributed by atoms with E-state index in [1.54, 1.807) is 0 Å². The molecule has 0 amide bonds. The zero-order valence-corrected chi connectivity index (χ0v) is 10.6. The lowest BCUT2D eigenvalue weighted by Gasteiger charge is -2.25. The van der Waals surface area contributed by atoms with Crippen LogP contribution in [0, 0.1) is 5.92 Å². The second-order valence-electron chi connectivity index (χ2n) is 4.39. The summed E-state index contributed by atoms with van der Waals surface area (Å²) in [6.07, 6.45) is 5.72. The van der Waals surface area contributed by atoms with Gasteiger partial charge in [-0.15, -0.1) is 0 Å². The molecule has 2 heteroatoms. The molecule has 0 heterocycles.